The zero-order chi connectivity index (χ0) is 14.9. The van der Waals surface area contributed by atoms with E-state index in [1.807, 2.05) is 12.4 Å². The fourth-order valence-corrected chi connectivity index (χ4v) is 2.50. The predicted octanol–water partition coefficient (Wildman–Crippen LogP) is 0.745. The third-order valence-electron chi connectivity index (χ3n) is 3.70. The molecule has 2 heterocycles. The van der Waals surface area contributed by atoms with Crippen molar-refractivity contribution in [1.82, 2.24) is 20.2 Å². The number of hydrogen-bond donors (Lipinski definition) is 1. The van der Waals surface area contributed by atoms with Crippen molar-refractivity contribution in [1.29, 1.82) is 0 Å². The van der Waals surface area contributed by atoms with E-state index in [4.69, 9.17) is 4.74 Å². The Morgan fingerprint density at radius 1 is 1.19 bits per heavy atom. The van der Waals surface area contributed by atoms with Gasteiger partial charge in [0.15, 0.2) is 0 Å². The Bertz CT molecular complexity index is 390. The summed E-state index contributed by atoms with van der Waals surface area (Å²) in [5.41, 5.74) is 1.11. The second-order valence-corrected chi connectivity index (χ2v) is 5.39. The molecule has 0 amide bonds. The largest absolute Gasteiger partial charge is 0.383 e. The summed E-state index contributed by atoms with van der Waals surface area (Å²) in [6.07, 6.45) is 5.06. The van der Waals surface area contributed by atoms with Gasteiger partial charge in [-0.15, -0.1) is 0 Å². The second-order valence-electron chi connectivity index (χ2n) is 5.39. The Morgan fingerprint density at radius 3 is 2.52 bits per heavy atom. The molecule has 1 saturated heterocycles. The zero-order valence-electron chi connectivity index (χ0n) is 13.2. The van der Waals surface area contributed by atoms with Gasteiger partial charge in [0.05, 0.1) is 6.61 Å². The lowest BCUT2D eigenvalue weighted by atomic mass is 10.3. The number of rotatable bonds is 8. The van der Waals surface area contributed by atoms with Crippen molar-refractivity contribution < 1.29 is 4.74 Å². The number of nitrogens with one attached hydrogen (secondary N) is 1. The van der Waals surface area contributed by atoms with Crippen molar-refractivity contribution in [3.8, 4) is 0 Å². The van der Waals surface area contributed by atoms with Crippen molar-refractivity contribution in [3.63, 3.8) is 0 Å². The Morgan fingerprint density at radius 2 is 1.90 bits per heavy atom. The number of ether oxygens (including phenoxy) is 1. The minimum atomic E-state index is 0.723. The van der Waals surface area contributed by atoms with Crippen molar-refractivity contribution in [2.45, 2.75) is 19.9 Å². The molecule has 0 aliphatic carbocycles. The predicted molar refractivity (Wildman–Crippen MR) is 84.6 cm³/mol. The number of methoxy groups -OCH3 is 1. The number of hydrogen-bond acceptors (Lipinski definition) is 6. The summed E-state index contributed by atoms with van der Waals surface area (Å²) in [6, 6.07) is 0. The molecule has 2 rings (SSSR count). The summed E-state index contributed by atoms with van der Waals surface area (Å²) in [6.45, 7) is 10.0. The van der Waals surface area contributed by atoms with Gasteiger partial charge in [-0.05, 0) is 13.0 Å². The smallest absolute Gasteiger partial charge is 0.225 e. The van der Waals surface area contributed by atoms with Crippen molar-refractivity contribution >= 4 is 5.95 Å². The van der Waals surface area contributed by atoms with Crippen LogP contribution in [0.3, 0.4) is 0 Å². The molecule has 118 valence electrons. The van der Waals surface area contributed by atoms with Crippen LogP contribution in [0.4, 0.5) is 5.95 Å². The van der Waals surface area contributed by atoms with Crippen LogP contribution in [0, 0.1) is 0 Å². The van der Waals surface area contributed by atoms with Crippen LogP contribution in [0.2, 0.25) is 0 Å². The lowest BCUT2D eigenvalue weighted by molar-refractivity contribution is 0.199. The second kappa shape index (κ2) is 8.92. The van der Waals surface area contributed by atoms with Gasteiger partial charge in [0.2, 0.25) is 5.95 Å². The van der Waals surface area contributed by atoms with E-state index in [1.54, 1.807) is 7.11 Å². The molecular formula is C15H27N5O. The molecule has 1 aliphatic rings. The molecule has 1 aromatic rings. The summed E-state index contributed by atoms with van der Waals surface area (Å²) in [4.78, 5) is 13.8. The minimum Gasteiger partial charge on any atom is -0.383 e. The van der Waals surface area contributed by atoms with E-state index in [0.29, 0.717) is 0 Å². The Labute approximate surface area is 127 Å². The van der Waals surface area contributed by atoms with Crippen molar-refractivity contribution in [2.75, 3.05) is 57.9 Å². The molecule has 0 spiro atoms. The summed E-state index contributed by atoms with van der Waals surface area (Å²) < 4.78 is 5.00. The molecule has 0 radical (unpaired) electrons. The Hall–Kier alpha value is -1.24. The van der Waals surface area contributed by atoms with E-state index in [9.17, 15) is 0 Å². The third kappa shape index (κ3) is 5.22. The van der Waals surface area contributed by atoms with Crippen LogP contribution in [0.5, 0.6) is 0 Å². The van der Waals surface area contributed by atoms with Gasteiger partial charge < -0.3 is 15.0 Å². The summed E-state index contributed by atoms with van der Waals surface area (Å²) in [5, 5.41) is 3.30. The van der Waals surface area contributed by atoms with Gasteiger partial charge in [0.1, 0.15) is 0 Å². The molecule has 0 bridgehead atoms. The highest BCUT2D eigenvalue weighted by molar-refractivity contribution is 5.30. The molecule has 0 saturated carbocycles. The third-order valence-corrected chi connectivity index (χ3v) is 3.70. The fraction of sp³-hybridized carbons (Fsp3) is 0.733. The first-order valence-electron chi connectivity index (χ1n) is 7.81. The van der Waals surface area contributed by atoms with Crippen LogP contribution in [-0.4, -0.2) is 67.9 Å². The summed E-state index contributed by atoms with van der Waals surface area (Å²) in [7, 11) is 1.71. The first-order chi connectivity index (χ1) is 10.3. The van der Waals surface area contributed by atoms with Crippen molar-refractivity contribution in [3.05, 3.63) is 18.0 Å². The van der Waals surface area contributed by atoms with Crippen molar-refractivity contribution in [2.24, 2.45) is 0 Å². The quantitative estimate of drug-likeness (QED) is 0.714. The number of anilines is 1. The monoisotopic (exact) mass is 293 g/mol. The van der Waals surface area contributed by atoms with Crippen LogP contribution in [0.15, 0.2) is 12.4 Å². The van der Waals surface area contributed by atoms with Crippen LogP contribution < -0.4 is 10.2 Å². The van der Waals surface area contributed by atoms with Gasteiger partial charge >= 0.3 is 0 Å². The first-order valence-corrected chi connectivity index (χ1v) is 7.81. The van der Waals surface area contributed by atoms with Gasteiger partial charge in [0, 0.05) is 64.3 Å². The van der Waals surface area contributed by atoms with E-state index >= 15 is 0 Å². The van der Waals surface area contributed by atoms with E-state index in [2.05, 4.69) is 32.0 Å². The molecule has 1 aromatic heterocycles. The molecule has 6 heteroatoms. The average Bonchev–Trinajstić information content (AvgIpc) is 2.53. The van der Waals surface area contributed by atoms with E-state index < -0.39 is 0 Å². The minimum absolute atomic E-state index is 0.723. The van der Waals surface area contributed by atoms with E-state index in [-0.39, 0.29) is 0 Å². The average molecular weight is 293 g/mol. The summed E-state index contributed by atoms with van der Waals surface area (Å²) in [5.74, 6) is 0.854. The van der Waals surface area contributed by atoms with Gasteiger partial charge in [-0.25, -0.2) is 9.97 Å². The Balaban J connectivity index is 1.77. The normalized spacial score (nSPS) is 16.4. The van der Waals surface area contributed by atoms with Gasteiger partial charge in [-0.1, -0.05) is 6.92 Å². The maximum Gasteiger partial charge on any atom is 0.225 e. The molecule has 1 aliphatic heterocycles. The summed E-state index contributed by atoms with van der Waals surface area (Å²) >= 11 is 0. The lowest BCUT2D eigenvalue weighted by Crippen LogP contribution is -2.47. The van der Waals surface area contributed by atoms with Crippen LogP contribution in [0.25, 0.3) is 0 Å². The SMILES string of the molecule is CCCN1CCN(c2ncc(CNCCOC)cn2)CC1. The molecule has 6 nitrogen and oxygen atoms in total. The van der Waals surface area contributed by atoms with Gasteiger partial charge in [0.25, 0.3) is 0 Å². The fourth-order valence-electron chi connectivity index (χ4n) is 2.50. The maximum absolute atomic E-state index is 5.00. The van der Waals surface area contributed by atoms with Crippen LogP contribution in [-0.2, 0) is 11.3 Å². The van der Waals surface area contributed by atoms with Gasteiger partial charge in [-0.2, -0.15) is 0 Å². The molecule has 0 aromatic carbocycles. The molecule has 1 N–H and O–H groups in total. The number of aromatic nitrogens is 2. The maximum atomic E-state index is 5.00. The molecule has 1 fully saturated rings. The lowest BCUT2D eigenvalue weighted by Gasteiger charge is -2.34. The molecule has 0 unspecified atom stereocenters. The molecule has 21 heavy (non-hydrogen) atoms. The zero-order valence-corrected chi connectivity index (χ0v) is 13.2. The highest BCUT2D eigenvalue weighted by Gasteiger charge is 2.17. The number of nitrogens with zero attached hydrogens (tertiary/aromatic N) is 4. The highest BCUT2D eigenvalue weighted by Crippen LogP contribution is 2.11. The van der Waals surface area contributed by atoms with Crippen LogP contribution in [0.1, 0.15) is 18.9 Å². The van der Waals surface area contributed by atoms with E-state index in [1.165, 1.54) is 13.0 Å². The van der Waals surface area contributed by atoms with Crippen LogP contribution >= 0.6 is 0 Å². The van der Waals surface area contributed by atoms with E-state index in [0.717, 1.165) is 57.4 Å². The van der Waals surface area contributed by atoms with Gasteiger partial charge in [-0.3, -0.25) is 4.90 Å². The first kappa shape index (κ1) is 16.1. The number of piperazine rings is 1. The topological polar surface area (TPSA) is 53.5 Å². The highest BCUT2D eigenvalue weighted by atomic mass is 16.5. The molecule has 0 atom stereocenters. The standard InChI is InChI=1S/C15H27N5O/c1-3-5-19-6-8-20(9-7-19)15-17-12-14(13-18-15)11-16-4-10-21-2/h12-13,16H,3-11H2,1-2H3. The molecular weight excluding hydrogens is 266 g/mol. The Kier molecular flexibility index (Phi) is 6.85.